The first-order chi connectivity index (χ1) is 21.3. The number of likely N-dealkylation sites (N-methyl/N-ethyl adjacent to an activating group) is 2. The number of halogens is 2. The number of benzene rings is 1. The molecule has 1 aromatic carbocycles. The fraction of sp³-hybridized carbons (Fsp3) is 0.633. The lowest BCUT2D eigenvalue weighted by molar-refractivity contribution is 0.0500. The predicted molar refractivity (Wildman–Crippen MR) is 169 cm³/mol. The van der Waals surface area contributed by atoms with E-state index in [1.54, 1.807) is 4.90 Å². The Balaban J connectivity index is 1.52. The largest absolute Gasteiger partial charge is 0.490 e. The van der Waals surface area contributed by atoms with Crippen molar-refractivity contribution in [1.29, 1.82) is 0 Å². The molecule has 15 heteroatoms. The van der Waals surface area contributed by atoms with E-state index < -0.39 is 17.3 Å². The van der Waals surface area contributed by atoms with Crippen LogP contribution in [0.4, 0.5) is 26.2 Å². The normalized spacial score (nSPS) is 19.7. The number of nitrogens with one attached hydrogen (secondary N) is 1. The molecule has 4 heterocycles. The van der Waals surface area contributed by atoms with Crippen LogP contribution in [0.15, 0.2) is 23.1 Å². The standard InChI is InChI=1S/C30H45F2N11O2/c1-30(2)18-20(15-21-9-8-10-42(21)30)34-27-23(32)19-33-28(35-27)41(12-11-38(3)4)24-17-25(43-29(44)40(7)36-37-43)26(16-22(24)31)45-14-13-39(5)6/h16-17,19-21H,8-15,18H2,1-7H3,(H,33,34,35). The topological polar surface area (TPSA) is 113 Å². The Morgan fingerprint density at radius 2 is 1.82 bits per heavy atom. The summed E-state index contributed by atoms with van der Waals surface area (Å²) in [4.78, 5) is 29.8. The molecule has 0 saturated carbocycles. The van der Waals surface area contributed by atoms with Crippen LogP contribution in [-0.2, 0) is 7.05 Å². The number of rotatable bonds is 12. The molecule has 2 atom stereocenters. The number of aryl methyl sites for hydroxylation is 1. The van der Waals surface area contributed by atoms with E-state index in [2.05, 4.69) is 44.5 Å². The van der Waals surface area contributed by atoms with Gasteiger partial charge in [-0.05, 0) is 90.8 Å². The lowest BCUT2D eigenvalue weighted by Crippen LogP contribution is -2.55. The predicted octanol–water partition coefficient (Wildman–Crippen LogP) is 2.49. The second-order valence-electron chi connectivity index (χ2n) is 13.1. The summed E-state index contributed by atoms with van der Waals surface area (Å²) >= 11 is 0. The highest BCUT2D eigenvalue weighted by Crippen LogP contribution is 2.39. The van der Waals surface area contributed by atoms with E-state index in [1.165, 1.54) is 25.6 Å². The van der Waals surface area contributed by atoms with Crippen molar-refractivity contribution in [2.24, 2.45) is 7.05 Å². The van der Waals surface area contributed by atoms with Gasteiger partial charge in [0.2, 0.25) is 5.95 Å². The summed E-state index contributed by atoms with van der Waals surface area (Å²) in [7, 11) is 9.07. The third kappa shape index (κ3) is 7.25. The number of ether oxygens (including phenoxy) is 1. The average molecular weight is 630 g/mol. The summed E-state index contributed by atoms with van der Waals surface area (Å²) in [6, 6.07) is 3.18. The molecule has 2 saturated heterocycles. The second-order valence-corrected chi connectivity index (χ2v) is 13.1. The number of anilines is 3. The molecule has 0 spiro atoms. The van der Waals surface area contributed by atoms with Crippen LogP contribution in [0.3, 0.4) is 0 Å². The summed E-state index contributed by atoms with van der Waals surface area (Å²) < 4.78 is 39.3. The van der Waals surface area contributed by atoms with Crippen molar-refractivity contribution in [3.63, 3.8) is 0 Å². The Morgan fingerprint density at radius 1 is 1.07 bits per heavy atom. The minimum Gasteiger partial charge on any atom is -0.490 e. The highest BCUT2D eigenvalue weighted by atomic mass is 19.1. The fourth-order valence-corrected chi connectivity index (χ4v) is 6.35. The second kappa shape index (κ2) is 13.3. The van der Waals surface area contributed by atoms with Gasteiger partial charge >= 0.3 is 5.69 Å². The molecule has 1 N–H and O–H groups in total. The molecule has 246 valence electrons. The van der Waals surface area contributed by atoms with Crippen molar-refractivity contribution < 1.29 is 13.5 Å². The molecule has 2 aromatic heterocycles. The van der Waals surface area contributed by atoms with Crippen LogP contribution >= 0.6 is 0 Å². The van der Waals surface area contributed by atoms with E-state index >= 15 is 8.78 Å². The molecule has 5 rings (SSSR count). The van der Waals surface area contributed by atoms with Crippen LogP contribution in [0.25, 0.3) is 5.69 Å². The first kappa shape index (κ1) is 32.7. The van der Waals surface area contributed by atoms with Gasteiger partial charge in [0.25, 0.3) is 0 Å². The monoisotopic (exact) mass is 629 g/mol. The van der Waals surface area contributed by atoms with E-state index in [9.17, 15) is 4.79 Å². The number of fused-ring (bicyclic) bond motifs is 1. The molecular formula is C30H45F2N11O2. The molecule has 2 unspecified atom stereocenters. The van der Waals surface area contributed by atoms with Crippen molar-refractivity contribution in [2.45, 2.75) is 57.2 Å². The van der Waals surface area contributed by atoms with Crippen molar-refractivity contribution in [1.82, 2.24) is 44.5 Å². The number of aromatic nitrogens is 6. The van der Waals surface area contributed by atoms with Gasteiger partial charge in [-0.25, -0.2) is 18.6 Å². The van der Waals surface area contributed by atoms with E-state index in [4.69, 9.17) is 4.74 Å². The summed E-state index contributed by atoms with van der Waals surface area (Å²) in [5.74, 6) is -0.856. The summed E-state index contributed by atoms with van der Waals surface area (Å²) in [6.07, 6.45) is 5.15. The molecule has 0 amide bonds. The molecule has 2 fully saturated rings. The number of tetrazole rings is 1. The van der Waals surface area contributed by atoms with E-state index in [1.807, 2.05) is 38.0 Å². The van der Waals surface area contributed by atoms with Crippen LogP contribution in [0, 0.1) is 11.6 Å². The first-order valence-electron chi connectivity index (χ1n) is 15.4. The van der Waals surface area contributed by atoms with Crippen molar-refractivity contribution in [3.8, 4) is 11.4 Å². The molecule has 0 bridgehead atoms. The number of hydrogen-bond donors (Lipinski definition) is 1. The van der Waals surface area contributed by atoms with Gasteiger partial charge in [-0.15, -0.1) is 0 Å². The van der Waals surface area contributed by atoms with Gasteiger partial charge in [-0.3, -0.25) is 4.90 Å². The van der Waals surface area contributed by atoms with Crippen LogP contribution in [0.1, 0.15) is 39.5 Å². The summed E-state index contributed by atoms with van der Waals surface area (Å²) in [5, 5.41) is 11.2. The molecule has 0 aliphatic carbocycles. The number of hydrogen-bond acceptors (Lipinski definition) is 11. The van der Waals surface area contributed by atoms with Gasteiger partial charge in [-0.2, -0.15) is 14.3 Å². The molecule has 45 heavy (non-hydrogen) atoms. The number of piperidine rings is 1. The van der Waals surface area contributed by atoms with Crippen LogP contribution < -0.4 is 20.6 Å². The number of nitrogens with zero attached hydrogens (tertiary/aromatic N) is 10. The molecule has 2 aliphatic heterocycles. The molecular weight excluding hydrogens is 584 g/mol. The fourth-order valence-electron chi connectivity index (χ4n) is 6.35. The SMILES string of the molecule is CN(C)CCOc1cc(F)c(N(CCN(C)C)c2ncc(F)c(NC3CC4CCCN4C(C)(C)C3)n2)cc1-n1nnn(C)c1=O. The Bertz CT molecular complexity index is 1540. The zero-order chi connectivity index (χ0) is 32.5. The minimum absolute atomic E-state index is 0.0184. The lowest BCUT2D eigenvalue weighted by atomic mass is 9.84. The maximum atomic E-state index is 16.0. The van der Waals surface area contributed by atoms with Gasteiger partial charge in [-0.1, -0.05) is 0 Å². The van der Waals surface area contributed by atoms with Gasteiger partial charge in [0, 0.05) is 50.4 Å². The van der Waals surface area contributed by atoms with Crippen molar-refractivity contribution >= 4 is 17.5 Å². The van der Waals surface area contributed by atoms with Gasteiger partial charge < -0.3 is 24.8 Å². The Morgan fingerprint density at radius 3 is 2.51 bits per heavy atom. The molecule has 2 aliphatic rings. The quantitative estimate of drug-likeness (QED) is 0.319. The van der Waals surface area contributed by atoms with E-state index in [0.29, 0.717) is 19.1 Å². The van der Waals surface area contributed by atoms with E-state index in [-0.39, 0.29) is 53.6 Å². The van der Waals surface area contributed by atoms with Crippen LogP contribution in [0.5, 0.6) is 5.75 Å². The summed E-state index contributed by atoms with van der Waals surface area (Å²) in [6.45, 7) is 7.18. The Labute approximate surface area is 262 Å². The van der Waals surface area contributed by atoms with Crippen molar-refractivity contribution in [3.05, 3.63) is 40.4 Å². The Hall–Kier alpha value is -3.69. The van der Waals surface area contributed by atoms with Crippen LogP contribution in [-0.4, -0.2) is 123 Å². The molecule has 13 nitrogen and oxygen atoms in total. The highest BCUT2D eigenvalue weighted by molar-refractivity contribution is 5.66. The first-order valence-corrected chi connectivity index (χ1v) is 15.4. The highest BCUT2D eigenvalue weighted by Gasteiger charge is 2.43. The van der Waals surface area contributed by atoms with Gasteiger partial charge in [0.1, 0.15) is 18.0 Å². The zero-order valence-electron chi connectivity index (χ0n) is 27.3. The van der Waals surface area contributed by atoms with Gasteiger partial charge in [0.15, 0.2) is 17.5 Å². The minimum atomic E-state index is -0.618. The third-order valence-corrected chi connectivity index (χ3v) is 8.61. The molecule has 0 radical (unpaired) electrons. The lowest BCUT2D eigenvalue weighted by Gasteiger charge is -2.47. The smallest absolute Gasteiger partial charge is 0.368 e. The zero-order valence-corrected chi connectivity index (χ0v) is 27.3. The van der Waals surface area contributed by atoms with Crippen molar-refractivity contribution in [2.75, 3.05) is 71.2 Å². The van der Waals surface area contributed by atoms with Gasteiger partial charge in [0.05, 0.1) is 11.9 Å². The van der Waals surface area contributed by atoms with E-state index in [0.717, 1.165) is 41.4 Å². The summed E-state index contributed by atoms with van der Waals surface area (Å²) in [5.41, 5.74) is -0.243. The Kier molecular flexibility index (Phi) is 9.70. The third-order valence-electron chi connectivity index (χ3n) is 8.61. The van der Waals surface area contributed by atoms with Crippen LogP contribution in [0.2, 0.25) is 0 Å². The average Bonchev–Trinajstić information content (AvgIpc) is 3.57. The molecule has 3 aromatic rings. The maximum absolute atomic E-state index is 16.0. The maximum Gasteiger partial charge on any atom is 0.368 e.